The van der Waals surface area contributed by atoms with Crippen LogP contribution in [0.4, 0.5) is 0 Å². The Kier molecular flexibility index (Phi) is 2.60. The minimum absolute atomic E-state index is 0.800. The molecule has 1 N–H and O–H groups in total. The summed E-state index contributed by atoms with van der Waals surface area (Å²) >= 11 is 0. The van der Waals surface area contributed by atoms with E-state index in [1.807, 2.05) is 0 Å². The topological polar surface area (TPSA) is 24.9 Å². The van der Waals surface area contributed by atoms with Crippen LogP contribution in [-0.4, -0.2) is 18.1 Å². The van der Waals surface area contributed by atoms with E-state index in [-0.39, 0.29) is 0 Å². The van der Waals surface area contributed by atoms with Gasteiger partial charge < -0.3 is 5.32 Å². The van der Waals surface area contributed by atoms with E-state index in [2.05, 4.69) is 35.4 Å². The fraction of sp³-hybridized carbons (Fsp3) is 0.545. The Morgan fingerprint density at radius 3 is 3.15 bits per heavy atom. The Hall–Kier alpha value is -0.890. The summed E-state index contributed by atoms with van der Waals surface area (Å²) < 4.78 is 0. The zero-order chi connectivity index (χ0) is 9.10. The average molecular weight is 176 g/mol. The van der Waals surface area contributed by atoms with Gasteiger partial charge in [-0.25, -0.2) is 0 Å². The van der Waals surface area contributed by atoms with Crippen molar-refractivity contribution in [2.45, 2.75) is 19.8 Å². The maximum Gasteiger partial charge on any atom is 0.0410 e. The largest absolute Gasteiger partial charge is 0.316 e. The molecule has 2 heteroatoms. The van der Waals surface area contributed by atoms with Crippen molar-refractivity contribution in [3.8, 4) is 0 Å². The summed E-state index contributed by atoms with van der Waals surface area (Å²) in [5.74, 6) is 0.800. The monoisotopic (exact) mass is 176 g/mol. The van der Waals surface area contributed by atoms with Crippen molar-refractivity contribution in [3.05, 3.63) is 29.6 Å². The Morgan fingerprint density at radius 1 is 1.54 bits per heavy atom. The number of hydrogen-bond donors (Lipinski definition) is 1. The molecule has 1 aliphatic heterocycles. The highest BCUT2D eigenvalue weighted by atomic mass is 14.9. The first-order chi connectivity index (χ1) is 6.34. The lowest BCUT2D eigenvalue weighted by Gasteiger charge is -2.07. The van der Waals surface area contributed by atoms with Crippen LogP contribution in [0, 0.1) is 12.8 Å². The van der Waals surface area contributed by atoms with Crippen molar-refractivity contribution in [1.82, 2.24) is 10.3 Å². The third-order valence-corrected chi connectivity index (χ3v) is 2.61. The molecule has 1 saturated heterocycles. The van der Waals surface area contributed by atoms with E-state index in [4.69, 9.17) is 0 Å². The van der Waals surface area contributed by atoms with Gasteiger partial charge in [-0.3, -0.25) is 4.98 Å². The summed E-state index contributed by atoms with van der Waals surface area (Å²) in [6.45, 7) is 4.39. The summed E-state index contributed by atoms with van der Waals surface area (Å²) in [5.41, 5.74) is 2.37. The SMILES string of the molecule is Cc1cccc(C[C@@H]2CCNC2)n1. The second-order valence-electron chi connectivity index (χ2n) is 3.83. The van der Waals surface area contributed by atoms with E-state index in [0.717, 1.165) is 24.6 Å². The maximum atomic E-state index is 4.51. The van der Waals surface area contributed by atoms with Crippen molar-refractivity contribution in [2.24, 2.45) is 5.92 Å². The number of aryl methyl sites for hydroxylation is 1. The predicted molar refractivity (Wildman–Crippen MR) is 53.7 cm³/mol. The van der Waals surface area contributed by atoms with Crippen molar-refractivity contribution in [2.75, 3.05) is 13.1 Å². The lowest BCUT2D eigenvalue weighted by atomic mass is 10.0. The molecule has 0 radical (unpaired) electrons. The number of nitrogens with one attached hydrogen (secondary N) is 1. The Morgan fingerprint density at radius 2 is 2.46 bits per heavy atom. The van der Waals surface area contributed by atoms with Gasteiger partial charge in [0.2, 0.25) is 0 Å². The molecule has 1 aliphatic rings. The summed E-state index contributed by atoms with van der Waals surface area (Å²) in [7, 11) is 0. The molecule has 2 nitrogen and oxygen atoms in total. The van der Waals surface area contributed by atoms with Crippen LogP contribution in [0.2, 0.25) is 0 Å². The van der Waals surface area contributed by atoms with Gasteiger partial charge in [0, 0.05) is 11.4 Å². The Labute approximate surface area is 79.4 Å². The maximum absolute atomic E-state index is 4.51. The van der Waals surface area contributed by atoms with Crippen molar-refractivity contribution < 1.29 is 0 Å². The minimum Gasteiger partial charge on any atom is -0.316 e. The number of hydrogen-bond acceptors (Lipinski definition) is 2. The van der Waals surface area contributed by atoms with Crippen LogP contribution in [0.15, 0.2) is 18.2 Å². The van der Waals surface area contributed by atoms with Gasteiger partial charge in [-0.1, -0.05) is 6.07 Å². The minimum atomic E-state index is 0.800. The Balaban J connectivity index is 2.00. The molecule has 0 bridgehead atoms. The molecule has 0 saturated carbocycles. The van der Waals surface area contributed by atoms with Gasteiger partial charge in [-0.2, -0.15) is 0 Å². The van der Waals surface area contributed by atoms with Crippen molar-refractivity contribution in [1.29, 1.82) is 0 Å². The molecule has 1 atom stereocenters. The standard InChI is InChI=1S/C11H16N2/c1-9-3-2-4-11(13-9)7-10-5-6-12-8-10/h2-4,10,12H,5-8H2,1H3/t10-/m0/s1. The van der Waals surface area contributed by atoms with Gasteiger partial charge in [0.05, 0.1) is 0 Å². The van der Waals surface area contributed by atoms with E-state index in [1.54, 1.807) is 0 Å². The molecule has 1 aromatic rings. The molecule has 2 rings (SSSR count). The van der Waals surface area contributed by atoms with Crippen LogP contribution in [-0.2, 0) is 6.42 Å². The molecule has 0 unspecified atom stereocenters. The predicted octanol–water partition coefficient (Wildman–Crippen LogP) is 1.54. The van der Waals surface area contributed by atoms with Crippen LogP contribution in [0.25, 0.3) is 0 Å². The molecule has 70 valence electrons. The average Bonchev–Trinajstić information content (AvgIpc) is 2.57. The highest BCUT2D eigenvalue weighted by Gasteiger charge is 2.14. The van der Waals surface area contributed by atoms with Gasteiger partial charge in [-0.05, 0) is 50.9 Å². The van der Waals surface area contributed by atoms with Gasteiger partial charge in [0.25, 0.3) is 0 Å². The smallest absolute Gasteiger partial charge is 0.0410 e. The van der Waals surface area contributed by atoms with Gasteiger partial charge in [-0.15, -0.1) is 0 Å². The highest BCUT2D eigenvalue weighted by Crippen LogP contribution is 2.13. The fourth-order valence-corrected chi connectivity index (χ4v) is 1.90. The molecular weight excluding hydrogens is 160 g/mol. The second-order valence-corrected chi connectivity index (χ2v) is 3.83. The summed E-state index contributed by atoms with van der Waals surface area (Å²) in [5, 5.41) is 3.38. The van der Waals surface area contributed by atoms with Gasteiger partial charge >= 0.3 is 0 Å². The summed E-state index contributed by atoms with van der Waals surface area (Å²) in [6.07, 6.45) is 2.43. The zero-order valence-corrected chi connectivity index (χ0v) is 8.09. The quantitative estimate of drug-likeness (QED) is 0.739. The molecule has 0 spiro atoms. The highest BCUT2D eigenvalue weighted by molar-refractivity contribution is 5.10. The van der Waals surface area contributed by atoms with Crippen molar-refractivity contribution >= 4 is 0 Å². The van der Waals surface area contributed by atoms with Gasteiger partial charge in [0.1, 0.15) is 0 Å². The zero-order valence-electron chi connectivity index (χ0n) is 8.09. The summed E-state index contributed by atoms with van der Waals surface area (Å²) in [6, 6.07) is 6.28. The molecular formula is C11H16N2. The van der Waals surface area contributed by atoms with E-state index in [1.165, 1.54) is 18.7 Å². The first-order valence-corrected chi connectivity index (χ1v) is 4.98. The van der Waals surface area contributed by atoms with Crippen LogP contribution < -0.4 is 5.32 Å². The Bertz CT molecular complexity index is 277. The molecule has 1 aromatic heterocycles. The normalized spacial score (nSPS) is 22.1. The second kappa shape index (κ2) is 3.88. The third-order valence-electron chi connectivity index (χ3n) is 2.61. The number of pyridine rings is 1. The first kappa shape index (κ1) is 8.70. The number of aromatic nitrogens is 1. The lowest BCUT2D eigenvalue weighted by Crippen LogP contribution is -2.11. The lowest BCUT2D eigenvalue weighted by molar-refractivity contribution is 0.571. The van der Waals surface area contributed by atoms with Crippen LogP contribution in [0.5, 0.6) is 0 Å². The molecule has 0 aliphatic carbocycles. The van der Waals surface area contributed by atoms with E-state index < -0.39 is 0 Å². The van der Waals surface area contributed by atoms with E-state index >= 15 is 0 Å². The van der Waals surface area contributed by atoms with Crippen LogP contribution in [0.3, 0.4) is 0 Å². The van der Waals surface area contributed by atoms with E-state index in [9.17, 15) is 0 Å². The number of rotatable bonds is 2. The first-order valence-electron chi connectivity index (χ1n) is 4.98. The third kappa shape index (κ3) is 2.28. The van der Waals surface area contributed by atoms with Crippen LogP contribution in [0.1, 0.15) is 17.8 Å². The van der Waals surface area contributed by atoms with E-state index in [0.29, 0.717) is 0 Å². The summed E-state index contributed by atoms with van der Waals surface area (Å²) in [4.78, 5) is 4.51. The van der Waals surface area contributed by atoms with Crippen LogP contribution >= 0.6 is 0 Å². The fourth-order valence-electron chi connectivity index (χ4n) is 1.90. The number of nitrogens with zero attached hydrogens (tertiary/aromatic N) is 1. The molecule has 1 fully saturated rings. The molecule has 2 heterocycles. The molecule has 0 amide bonds. The van der Waals surface area contributed by atoms with Gasteiger partial charge in [0.15, 0.2) is 0 Å². The molecule has 13 heavy (non-hydrogen) atoms. The van der Waals surface area contributed by atoms with Crippen molar-refractivity contribution in [3.63, 3.8) is 0 Å². The molecule has 0 aromatic carbocycles.